The van der Waals surface area contributed by atoms with Gasteiger partial charge in [-0.05, 0) is 43.2 Å². The number of esters is 1. The van der Waals surface area contributed by atoms with E-state index in [1.54, 1.807) is 24.3 Å². The molecule has 1 aliphatic rings. The Labute approximate surface area is 171 Å². The van der Waals surface area contributed by atoms with Gasteiger partial charge < -0.3 is 19.5 Å². The Kier molecular flexibility index (Phi) is 7.08. The summed E-state index contributed by atoms with van der Waals surface area (Å²) in [4.78, 5) is 27.9. The maximum Gasteiger partial charge on any atom is 0.338 e. The third kappa shape index (κ3) is 5.82. The average Bonchev–Trinajstić information content (AvgIpc) is 3.21. The van der Waals surface area contributed by atoms with Crippen LogP contribution in [0, 0.1) is 0 Å². The van der Waals surface area contributed by atoms with E-state index in [9.17, 15) is 9.59 Å². The van der Waals surface area contributed by atoms with Gasteiger partial charge in [0.1, 0.15) is 12.4 Å². The summed E-state index contributed by atoms with van der Waals surface area (Å²) in [6, 6.07) is 7.93. The lowest BCUT2D eigenvalue weighted by Crippen LogP contribution is -2.21. The third-order valence-corrected chi connectivity index (χ3v) is 4.44. The fourth-order valence-corrected chi connectivity index (χ4v) is 2.97. The van der Waals surface area contributed by atoms with Gasteiger partial charge in [-0.1, -0.05) is 23.2 Å². The molecule has 1 aromatic carbocycles. The first-order valence-electron chi connectivity index (χ1n) is 8.64. The number of aromatic nitrogens is 1. The van der Waals surface area contributed by atoms with Crippen LogP contribution >= 0.6 is 23.2 Å². The number of ether oxygens (including phenoxy) is 3. The molecule has 148 valence electrons. The Morgan fingerprint density at radius 3 is 2.71 bits per heavy atom. The molecule has 1 atom stereocenters. The molecule has 28 heavy (non-hydrogen) atoms. The van der Waals surface area contributed by atoms with E-state index in [0.717, 1.165) is 19.4 Å². The molecule has 1 aromatic heterocycles. The molecule has 9 heteroatoms. The summed E-state index contributed by atoms with van der Waals surface area (Å²) in [5, 5.41) is 2.98. The molecule has 3 rings (SSSR count). The lowest BCUT2D eigenvalue weighted by molar-refractivity contribution is -0.119. The van der Waals surface area contributed by atoms with Gasteiger partial charge in [0.05, 0.1) is 21.7 Å². The Bertz CT molecular complexity index is 839. The van der Waals surface area contributed by atoms with E-state index in [0.29, 0.717) is 22.9 Å². The molecule has 0 bridgehead atoms. The maximum atomic E-state index is 12.1. The molecule has 1 unspecified atom stereocenters. The van der Waals surface area contributed by atoms with Crippen molar-refractivity contribution in [2.45, 2.75) is 18.9 Å². The number of hydrogen-bond donors (Lipinski definition) is 1. The molecule has 1 fully saturated rings. The molecule has 2 aromatic rings. The predicted octanol–water partition coefficient (Wildman–Crippen LogP) is 3.74. The van der Waals surface area contributed by atoms with Crippen molar-refractivity contribution in [1.29, 1.82) is 0 Å². The minimum absolute atomic E-state index is 0.117. The Hall–Kier alpha value is -2.35. The molecular formula is C19H18Cl2N2O5. The van der Waals surface area contributed by atoms with Crippen LogP contribution in [-0.2, 0) is 14.3 Å². The predicted molar refractivity (Wildman–Crippen MR) is 104 cm³/mol. The zero-order valence-electron chi connectivity index (χ0n) is 14.8. The normalized spacial score (nSPS) is 15.9. The minimum Gasteiger partial charge on any atom is -0.491 e. The van der Waals surface area contributed by atoms with Crippen LogP contribution in [0.3, 0.4) is 0 Å². The molecule has 7 nitrogen and oxygen atoms in total. The van der Waals surface area contributed by atoms with Crippen molar-refractivity contribution in [2.75, 3.05) is 25.1 Å². The van der Waals surface area contributed by atoms with Gasteiger partial charge in [0.15, 0.2) is 12.4 Å². The van der Waals surface area contributed by atoms with Gasteiger partial charge >= 0.3 is 5.97 Å². The lowest BCUT2D eigenvalue weighted by atomic mass is 10.2. The molecule has 0 spiro atoms. The summed E-state index contributed by atoms with van der Waals surface area (Å²) in [6.07, 6.45) is 3.50. The molecule has 0 radical (unpaired) electrons. The van der Waals surface area contributed by atoms with Gasteiger partial charge in [-0.2, -0.15) is 0 Å². The van der Waals surface area contributed by atoms with E-state index in [1.807, 2.05) is 0 Å². The van der Waals surface area contributed by atoms with Gasteiger partial charge in [-0.15, -0.1) is 0 Å². The van der Waals surface area contributed by atoms with Gasteiger partial charge in [0.25, 0.3) is 5.91 Å². The molecule has 1 N–H and O–H groups in total. The largest absolute Gasteiger partial charge is 0.491 e. The Morgan fingerprint density at radius 2 is 2.04 bits per heavy atom. The Balaban J connectivity index is 1.45. The number of hydrogen-bond acceptors (Lipinski definition) is 6. The van der Waals surface area contributed by atoms with Crippen LogP contribution < -0.4 is 10.1 Å². The van der Waals surface area contributed by atoms with Crippen LogP contribution in [0.15, 0.2) is 36.5 Å². The number of nitrogens with zero attached hydrogens (tertiary/aromatic N) is 1. The highest BCUT2D eigenvalue weighted by molar-refractivity contribution is 6.36. The molecule has 0 saturated carbocycles. The molecule has 1 amide bonds. The maximum absolute atomic E-state index is 12.1. The summed E-state index contributed by atoms with van der Waals surface area (Å²) in [6.45, 7) is 0.772. The number of carbonyl (C=O) groups is 2. The van der Waals surface area contributed by atoms with Crippen molar-refractivity contribution in [2.24, 2.45) is 0 Å². The number of benzene rings is 1. The Morgan fingerprint density at radius 1 is 1.25 bits per heavy atom. The highest BCUT2D eigenvalue weighted by Gasteiger charge is 2.16. The second-order valence-corrected chi connectivity index (χ2v) is 6.92. The van der Waals surface area contributed by atoms with Crippen molar-refractivity contribution in [1.82, 2.24) is 4.98 Å². The number of halogens is 2. The number of pyridine rings is 1. The third-order valence-electron chi connectivity index (χ3n) is 3.95. The second-order valence-electron chi connectivity index (χ2n) is 6.08. The van der Waals surface area contributed by atoms with Crippen LogP contribution in [-0.4, -0.2) is 42.8 Å². The SMILES string of the molecule is O=C(COC(=O)c1ccc(OCC2CCCO2)cc1)Nc1ncc(Cl)cc1Cl. The fourth-order valence-electron chi connectivity index (χ4n) is 2.54. The number of nitrogens with one attached hydrogen (secondary N) is 1. The van der Waals surface area contributed by atoms with Gasteiger partial charge in [-0.25, -0.2) is 9.78 Å². The van der Waals surface area contributed by atoms with Gasteiger partial charge in [0, 0.05) is 12.8 Å². The highest BCUT2D eigenvalue weighted by atomic mass is 35.5. The van der Waals surface area contributed by atoms with Gasteiger partial charge in [0.2, 0.25) is 0 Å². The van der Waals surface area contributed by atoms with Crippen LogP contribution in [0.2, 0.25) is 10.0 Å². The number of rotatable bonds is 7. The minimum atomic E-state index is -0.629. The molecule has 0 aliphatic carbocycles. The van der Waals surface area contributed by atoms with E-state index in [1.165, 1.54) is 12.3 Å². The smallest absolute Gasteiger partial charge is 0.338 e. The standard InChI is InChI=1S/C19H18Cl2N2O5/c20-13-8-16(21)18(22-9-13)23-17(24)11-28-19(25)12-3-5-14(6-4-12)27-10-15-2-1-7-26-15/h3-6,8-9,15H,1-2,7,10-11H2,(H,22,23,24). The van der Waals surface area contributed by atoms with Crippen molar-refractivity contribution in [3.8, 4) is 5.75 Å². The fraction of sp³-hybridized carbons (Fsp3) is 0.316. The van der Waals surface area contributed by atoms with E-state index in [-0.39, 0.29) is 16.9 Å². The molecule has 1 aliphatic heterocycles. The second kappa shape index (κ2) is 9.73. The summed E-state index contributed by atoms with van der Waals surface area (Å²) >= 11 is 11.7. The first-order valence-corrected chi connectivity index (χ1v) is 9.39. The quantitative estimate of drug-likeness (QED) is 0.681. The molecule has 1 saturated heterocycles. The summed E-state index contributed by atoms with van der Waals surface area (Å²) in [7, 11) is 0. The first-order chi connectivity index (χ1) is 13.5. The van der Waals surface area contributed by atoms with E-state index in [4.69, 9.17) is 37.4 Å². The zero-order valence-corrected chi connectivity index (χ0v) is 16.3. The topological polar surface area (TPSA) is 86.8 Å². The summed E-state index contributed by atoms with van der Waals surface area (Å²) in [5.74, 6) is -0.425. The monoisotopic (exact) mass is 424 g/mol. The van der Waals surface area contributed by atoms with E-state index >= 15 is 0 Å². The van der Waals surface area contributed by atoms with Gasteiger partial charge in [-0.3, -0.25) is 4.79 Å². The van der Waals surface area contributed by atoms with Crippen LogP contribution in [0.4, 0.5) is 5.82 Å². The first kappa shape index (κ1) is 20.4. The van der Waals surface area contributed by atoms with Crippen molar-refractivity contribution in [3.63, 3.8) is 0 Å². The van der Waals surface area contributed by atoms with Crippen molar-refractivity contribution in [3.05, 3.63) is 52.1 Å². The van der Waals surface area contributed by atoms with Crippen LogP contribution in [0.5, 0.6) is 5.75 Å². The summed E-state index contributed by atoms with van der Waals surface area (Å²) < 4.78 is 16.1. The highest BCUT2D eigenvalue weighted by Crippen LogP contribution is 2.22. The van der Waals surface area contributed by atoms with Crippen molar-refractivity contribution >= 4 is 40.9 Å². The van der Waals surface area contributed by atoms with E-state index in [2.05, 4.69) is 10.3 Å². The lowest BCUT2D eigenvalue weighted by Gasteiger charge is -2.11. The van der Waals surface area contributed by atoms with Crippen LogP contribution in [0.25, 0.3) is 0 Å². The van der Waals surface area contributed by atoms with E-state index < -0.39 is 18.5 Å². The summed E-state index contributed by atoms with van der Waals surface area (Å²) in [5.41, 5.74) is 0.305. The van der Waals surface area contributed by atoms with Crippen molar-refractivity contribution < 1.29 is 23.8 Å². The number of carbonyl (C=O) groups excluding carboxylic acids is 2. The molecule has 2 heterocycles. The van der Waals surface area contributed by atoms with Crippen LogP contribution in [0.1, 0.15) is 23.2 Å². The zero-order chi connectivity index (χ0) is 19.9. The molecular weight excluding hydrogens is 407 g/mol. The number of amides is 1. The number of anilines is 1. The average molecular weight is 425 g/mol.